The molecule has 1 aromatic rings. The first-order valence-electron chi connectivity index (χ1n) is 7.76. The molecule has 24 heavy (non-hydrogen) atoms. The van der Waals surface area contributed by atoms with Crippen LogP contribution >= 0.6 is 22.6 Å². The molecule has 8 nitrogen and oxygen atoms in total. The third-order valence-electron chi connectivity index (χ3n) is 3.51. The van der Waals surface area contributed by atoms with Crippen LogP contribution in [0.4, 0.5) is 16.4 Å². The molecule has 1 aliphatic heterocycles. The lowest BCUT2D eigenvalue weighted by Gasteiger charge is -2.34. The Morgan fingerprint density at radius 3 is 2.83 bits per heavy atom. The van der Waals surface area contributed by atoms with E-state index in [-0.39, 0.29) is 21.7 Å². The number of hydrogen-bond donors (Lipinski definition) is 3. The van der Waals surface area contributed by atoms with Crippen LogP contribution < -0.4 is 11.1 Å². The van der Waals surface area contributed by atoms with E-state index in [1.807, 2.05) is 43.4 Å². The van der Waals surface area contributed by atoms with Gasteiger partial charge < -0.3 is 20.7 Å². The third kappa shape index (κ3) is 4.92. The maximum Gasteiger partial charge on any atom is 0.410 e. The summed E-state index contributed by atoms with van der Waals surface area (Å²) in [5, 5.41) is 11.1. The second-order valence-electron chi connectivity index (χ2n) is 6.71. The van der Waals surface area contributed by atoms with Crippen LogP contribution in [-0.2, 0) is 4.74 Å². The Balaban J connectivity index is 2.08. The monoisotopic (exact) mass is 446 g/mol. The number of amides is 1. The second kappa shape index (κ2) is 7.49. The molecule has 0 saturated carbocycles. The van der Waals surface area contributed by atoms with Crippen LogP contribution in [0.25, 0.3) is 0 Å². The van der Waals surface area contributed by atoms with Gasteiger partial charge in [0.1, 0.15) is 27.3 Å². The molecule has 132 valence electrons. The van der Waals surface area contributed by atoms with Crippen molar-refractivity contribution in [3.05, 3.63) is 11.9 Å². The van der Waals surface area contributed by atoms with Gasteiger partial charge in [-0.05, 0) is 56.2 Å². The molecule has 4 N–H and O–H groups in total. The summed E-state index contributed by atoms with van der Waals surface area (Å²) in [4.78, 5) is 22.1. The summed E-state index contributed by atoms with van der Waals surface area (Å²) >= 11 is 1.88. The number of piperidine rings is 1. The zero-order chi connectivity index (χ0) is 17.9. The molecule has 9 heteroatoms. The zero-order valence-electron chi connectivity index (χ0n) is 14.1. The summed E-state index contributed by atoms with van der Waals surface area (Å²) in [7, 11) is 0. The molecule has 1 unspecified atom stereocenters. The number of likely N-dealkylation sites (tertiary alicyclic amines) is 1. The molecule has 1 aliphatic rings. The van der Waals surface area contributed by atoms with Crippen LogP contribution in [0.1, 0.15) is 39.2 Å². The van der Waals surface area contributed by atoms with Gasteiger partial charge in [0.15, 0.2) is 0 Å². The van der Waals surface area contributed by atoms with Gasteiger partial charge in [0.05, 0.1) is 5.56 Å². The van der Waals surface area contributed by atoms with Crippen molar-refractivity contribution >= 4 is 44.0 Å². The fourth-order valence-electron chi connectivity index (χ4n) is 2.51. The van der Waals surface area contributed by atoms with E-state index in [9.17, 15) is 4.79 Å². The predicted molar refractivity (Wildman–Crippen MR) is 102 cm³/mol. The van der Waals surface area contributed by atoms with Crippen molar-refractivity contribution in [2.45, 2.75) is 45.3 Å². The van der Waals surface area contributed by atoms with E-state index < -0.39 is 5.60 Å². The molecule has 0 radical (unpaired) electrons. The first-order valence-corrected chi connectivity index (χ1v) is 8.84. The van der Waals surface area contributed by atoms with Gasteiger partial charge in [0, 0.05) is 19.1 Å². The fourth-order valence-corrected chi connectivity index (χ4v) is 3.04. The Hall–Kier alpha value is -1.65. The molecular weight excluding hydrogens is 423 g/mol. The van der Waals surface area contributed by atoms with Crippen molar-refractivity contribution in [2.75, 3.05) is 24.1 Å². The fraction of sp³-hybridized carbons (Fsp3) is 0.600. The molecule has 1 amide bonds. The van der Waals surface area contributed by atoms with Gasteiger partial charge in [-0.25, -0.2) is 14.8 Å². The summed E-state index contributed by atoms with van der Waals surface area (Å²) in [5.41, 5.74) is 5.83. The number of nitrogen functional groups attached to an aromatic ring is 1. The van der Waals surface area contributed by atoms with Gasteiger partial charge in [0.25, 0.3) is 0 Å². The Morgan fingerprint density at radius 1 is 1.50 bits per heavy atom. The maximum atomic E-state index is 12.2. The lowest BCUT2D eigenvalue weighted by molar-refractivity contribution is 0.0206. The summed E-state index contributed by atoms with van der Waals surface area (Å²) in [6.45, 7) is 6.76. The molecule has 1 aromatic heterocycles. The van der Waals surface area contributed by atoms with Crippen molar-refractivity contribution in [2.24, 2.45) is 0 Å². The molecule has 1 saturated heterocycles. The van der Waals surface area contributed by atoms with Crippen molar-refractivity contribution in [1.29, 1.82) is 5.41 Å². The Labute approximate surface area is 155 Å². The number of nitrogens with zero attached hydrogens (tertiary/aromatic N) is 3. The molecule has 0 bridgehead atoms. The lowest BCUT2D eigenvalue weighted by Crippen LogP contribution is -2.47. The highest BCUT2D eigenvalue weighted by atomic mass is 127. The number of hydrogen-bond acceptors (Lipinski definition) is 7. The van der Waals surface area contributed by atoms with E-state index in [1.165, 1.54) is 6.33 Å². The first-order chi connectivity index (χ1) is 11.2. The highest BCUT2D eigenvalue weighted by Gasteiger charge is 2.28. The second-order valence-corrected chi connectivity index (χ2v) is 7.79. The number of halogens is 1. The van der Waals surface area contributed by atoms with Crippen LogP contribution in [0.5, 0.6) is 0 Å². The Kier molecular flexibility index (Phi) is 5.83. The van der Waals surface area contributed by atoms with Crippen molar-refractivity contribution in [3.8, 4) is 0 Å². The summed E-state index contributed by atoms with van der Waals surface area (Å²) in [6.07, 6.45) is 2.83. The Bertz CT molecular complexity index is 631. The van der Waals surface area contributed by atoms with Crippen LogP contribution in [0.2, 0.25) is 0 Å². The van der Waals surface area contributed by atoms with Crippen LogP contribution in [0.3, 0.4) is 0 Å². The topological polar surface area (TPSA) is 117 Å². The zero-order valence-corrected chi connectivity index (χ0v) is 16.3. The smallest absolute Gasteiger partial charge is 0.410 e. The first kappa shape index (κ1) is 18.7. The van der Waals surface area contributed by atoms with E-state index in [0.29, 0.717) is 24.5 Å². The number of carbonyl (C=O) groups is 1. The number of nitrogens with one attached hydrogen (secondary N) is 2. The van der Waals surface area contributed by atoms with Gasteiger partial charge in [-0.2, -0.15) is 0 Å². The average Bonchev–Trinajstić information content (AvgIpc) is 2.45. The normalized spacial score (nSPS) is 18.2. The number of ether oxygens (including phenoxy) is 1. The highest BCUT2D eigenvalue weighted by molar-refractivity contribution is 14.1. The van der Waals surface area contributed by atoms with Gasteiger partial charge in [-0.1, -0.05) is 0 Å². The number of nitrogens with two attached hydrogens (primary N) is 1. The molecule has 1 atom stereocenters. The SMILES string of the molecule is CC(C)(C)OC(=O)N1CCCC(Nc2ncnc(N)c2C(=N)I)C1. The average molecular weight is 446 g/mol. The number of carbonyl (C=O) groups excluding carboxylic acids is 1. The number of rotatable bonds is 3. The van der Waals surface area contributed by atoms with E-state index >= 15 is 0 Å². The number of anilines is 2. The summed E-state index contributed by atoms with van der Waals surface area (Å²) in [5.74, 6) is 0.796. The van der Waals surface area contributed by atoms with Gasteiger partial charge >= 0.3 is 6.09 Å². The molecule has 0 spiro atoms. The van der Waals surface area contributed by atoms with Crippen LogP contribution in [0, 0.1) is 5.41 Å². The van der Waals surface area contributed by atoms with Crippen LogP contribution in [-0.4, -0.2) is 49.4 Å². The van der Waals surface area contributed by atoms with Crippen LogP contribution in [0.15, 0.2) is 6.33 Å². The molecular formula is C15H23IN6O2. The van der Waals surface area contributed by atoms with E-state index in [2.05, 4.69) is 15.3 Å². The van der Waals surface area contributed by atoms with Crippen molar-refractivity contribution in [3.63, 3.8) is 0 Å². The van der Waals surface area contributed by atoms with Gasteiger partial charge in [-0.15, -0.1) is 0 Å². The van der Waals surface area contributed by atoms with Gasteiger partial charge in [0.2, 0.25) is 0 Å². The molecule has 1 fully saturated rings. The third-order valence-corrected chi connectivity index (χ3v) is 4.05. The molecule has 0 aliphatic carbocycles. The quantitative estimate of drug-likeness (QED) is 0.486. The largest absolute Gasteiger partial charge is 0.444 e. The van der Waals surface area contributed by atoms with Gasteiger partial charge in [-0.3, -0.25) is 5.41 Å². The Morgan fingerprint density at radius 2 is 2.21 bits per heavy atom. The van der Waals surface area contributed by atoms with E-state index in [4.69, 9.17) is 15.9 Å². The molecule has 2 rings (SSSR count). The predicted octanol–water partition coefficient (Wildman–Crippen LogP) is 2.63. The molecule has 0 aromatic carbocycles. The van der Waals surface area contributed by atoms with Crippen molar-refractivity contribution < 1.29 is 9.53 Å². The van der Waals surface area contributed by atoms with Crippen molar-refractivity contribution in [1.82, 2.24) is 14.9 Å². The summed E-state index contributed by atoms with van der Waals surface area (Å²) < 4.78 is 5.71. The standard InChI is InChI=1S/C15H23IN6O2/c1-15(2,3)24-14(23)22-6-4-5-9(7-22)21-13-10(11(16)17)12(18)19-8-20-13/h8-9,17H,4-7H2,1-3H3,(H3,18,19,20,21). The minimum Gasteiger partial charge on any atom is -0.444 e. The van der Waals surface area contributed by atoms with E-state index in [0.717, 1.165) is 12.8 Å². The van der Waals surface area contributed by atoms with E-state index in [1.54, 1.807) is 4.90 Å². The number of aromatic nitrogens is 2. The minimum absolute atomic E-state index is 0.0232. The maximum absolute atomic E-state index is 12.2. The summed E-state index contributed by atoms with van der Waals surface area (Å²) in [6, 6.07) is 0.0232. The lowest BCUT2D eigenvalue weighted by atomic mass is 10.1. The minimum atomic E-state index is -0.512. The highest BCUT2D eigenvalue weighted by Crippen LogP contribution is 2.24. The molecule has 2 heterocycles.